The molecule has 180 valence electrons. The molecule has 1 aliphatic carbocycles. The van der Waals surface area contributed by atoms with Crippen molar-refractivity contribution in [1.29, 1.82) is 0 Å². The van der Waals surface area contributed by atoms with Gasteiger partial charge in [0.05, 0.1) is 6.61 Å². The Balaban J connectivity index is 1.47. The van der Waals surface area contributed by atoms with E-state index in [4.69, 9.17) is 9.84 Å². The Morgan fingerprint density at radius 2 is 1.57 bits per heavy atom. The van der Waals surface area contributed by atoms with Gasteiger partial charge in [0.15, 0.2) is 0 Å². The van der Waals surface area contributed by atoms with Crippen molar-refractivity contribution in [1.82, 2.24) is 4.90 Å². The van der Waals surface area contributed by atoms with E-state index in [-0.39, 0.29) is 31.2 Å². The molecular weight excluding hydrogens is 448 g/mol. The lowest BCUT2D eigenvalue weighted by Crippen LogP contribution is -2.38. The molecule has 0 saturated heterocycles. The summed E-state index contributed by atoms with van der Waals surface area (Å²) in [5, 5.41) is 21.0. The average molecular weight is 475 g/mol. The first-order chi connectivity index (χ1) is 16.9. The summed E-state index contributed by atoms with van der Waals surface area (Å²) >= 11 is 0. The maximum absolute atomic E-state index is 12.9. The Morgan fingerprint density at radius 1 is 0.943 bits per heavy atom. The van der Waals surface area contributed by atoms with Crippen LogP contribution in [-0.4, -0.2) is 59.4 Å². The Bertz CT molecular complexity index is 1230. The molecule has 8 heteroatoms. The fourth-order valence-electron chi connectivity index (χ4n) is 4.45. The number of ether oxygens (including phenoxy) is 1. The number of nitrogens with zero attached hydrogens (tertiary/aromatic N) is 1. The summed E-state index contributed by atoms with van der Waals surface area (Å²) < 4.78 is 5.58. The molecule has 0 aromatic heterocycles. The van der Waals surface area contributed by atoms with Crippen LogP contribution in [0.15, 0.2) is 66.7 Å². The highest BCUT2D eigenvalue weighted by Crippen LogP contribution is 2.44. The van der Waals surface area contributed by atoms with Gasteiger partial charge in [-0.3, -0.25) is 14.9 Å². The number of aliphatic hydroxyl groups is 1. The summed E-state index contributed by atoms with van der Waals surface area (Å²) in [6.45, 7) is 0.790. The molecule has 0 aliphatic heterocycles. The smallest absolute Gasteiger partial charge is 0.411 e. The predicted molar refractivity (Wildman–Crippen MR) is 130 cm³/mol. The van der Waals surface area contributed by atoms with E-state index < -0.39 is 24.5 Å². The molecule has 3 aromatic carbocycles. The minimum atomic E-state index is -1.18. The van der Waals surface area contributed by atoms with Gasteiger partial charge in [-0.1, -0.05) is 54.6 Å². The van der Waals surface area contributed by atoms with Gasteiger partial charge in [0, 0.05) is 23.7 Å². The molecule has 3 aromatic rings. The topological polar surface area (TPSA) is 116 Å². The fourth-order valence-corrected chi connectivity index (χ4v) is 4.45. The van der Waals surface area contributed by atoms with E-state index in [2.05, 4.69) is 17.4 Å². The number of benzene rings is 3. The van der Waals surface area contributed by atoms with Gasteiger partial charge >= 0.3 is 12.1 Å². The van der Waals surface area contributed by atoms with Gasteiger partial charge in [-0.15, -0.1) is 0 Å². The second-order valence-electron chi connectivity index (χ2n) is 8.27. The summed E-state index contributed by atoms with van der Waals surface area (Å²) in [4.78, 5) is 37.7. The van der Waals surface area contributed by atoms with Crippen LogP contribution in [0, 0.1) is 6.92 Å². The van der Waals surface area contributed by atoms with Crippen LogP contribution in [0.3, 0.4) is 0 Å². The van der Waals surface area contributed by atoms with Gasteiger partial charge in [0.1, 0.15) is 13.2 Å². The third-order valence-electron chi connectivity index (χ3n) is 6.13. The Hall–Kier alpha value is -4.17. The van der Waals surface area contributed by atoms with Gasteiger partial charge in [-0.25, -0.2) is 4.79 Å². The van der Waals surface area contributed by atoms with Crippen molar-refractivity contribution >= 4 is 23.7 Å². The number of hydrogen-bond acceptors (Lipinski definition) is 5. The molecule has 0 atom stereocenters. The summed E-state index contributed by atoms with van der Waals surface area (Å²) in [6, 6.07) is 20.9. The monoisotopic (exact) mass is 474 g/mol. The zero-order valence-corrected chi connectivity index (χ0v) is 19.2. The minimum Gasteiger partial charge on any atom is -0.480 e. The van der Waals surface area contributed by atoms with Crippen LogP contribution in [0.5, 0.6) is 0 Å². The van der Waals surface area contributed by atoms with Gasteiger partial charge in [0.2, 0.25) is 0 Å². The van der Waals surface area contributed by atoms with E-state index in [9.17, 15) is 19.5 Å². The van der Waals surface area contributed by atoms with Gasteiger partial charge in [0.25, 0.3) is 5.91 Å². The molecule has 2 amide bonds. The number of aliphatic carboxylic acids is 1. The van der Waals surface area contributed by atoms with Crippen LogP contribution in [0.25, 0.3) is 11.1 Å². The summed E-state index contributed by atoms with van der Waals surface area (Å²) in [6.07, 6.45) is -0.655. The summed E-state index contributed by atoms with van der Waals surface area (Å²) in [7, 11) is 0. The third kappa shape index (κ3) is 5.02. The van der Waals surface area contributed by atoms with Crippen molar-refractivity contribution in [3.8, 4) is 11.1 Å². The van der Waals surface area contributed by atoms with Crippen LogP contribution in [0.4, 0.5) is 10.5 Å². The van der Waals surface area contributed by atoms with E-state index in [0.29, 0.717) is 11.3 Å². The van der Waals surface area contributed by atoms with E-state index in [1.165, 1.54) is 0 Å². The van der Waals surface area contributed by atoms with Gasteiger partial charge in [-0.05, 0) is 46.9 Å². The van der Waals surface area contributed by atoms with E-state index >= 15 is 0 Å². The van der Waals surface area contributed by atoms with Crippen LogP contribution >= 0.6 is 0 Å². The van der Waals surface area contributed by atoms with Gasteiger partial charge < -0.3 is 19.8 Å². The molecule has 0 unspecified atom stereocenters. The number of amides is 2. The lowest BCUT2D eigenvalue weighted by atomic mass is 9.98. The highest BCUT2D eigenvalue weighted by atomic mass is 16.5. The first-order valence-electron chi connectivity index (χ1n) is 11.2. The zero-order chi connectivity index (χ0) is 24.9. The zero-order valence-electron chi connectivity index (χ0n) is 19.2. The molecule has 0 spiro atoms. The predicted octanol–water partition coefficient (Wildman–Crippen LogP) is 3.88. The lowest BCUT2D eigenvalue weighted by Gasteiger charge is -2.21. The molecule has 0 saturated carbocycles. The fraction of sp³-hybridized carbons (Fsp3) is 0.222. The Morgan fingerprint density at radius 3 is 2.17 bits per heavy atom. The van der Waals surface area contributed by atoms with Crippen molar-refractivity contribution in [2.75, 3.05) is 31.6 Å². The first-order valence-corrected chi connectivity index (χ1v) is 11.2. The van der Waals surface area contributed by atoms with E-state index in [1.54, 1.807) is 25.1 Å². The number of nitrogens with one attached hydrogen (secondary N) is 1. The molecule has 8 nitrogen and oxygen atoms in total. The maximum Gasteiger partial charge on any atom is 0.411 e. The standard InChI is InChI=1S/C27H26N2O6/c1-17-18(26(33)29(13-14-30)15-25(31)32)11-6-12-24(17)28-27(34)35-16-23-21-9-4-2-7-19(21)20-8-3-5-10-22(20)23/h2-12,23,30H,13-16H2,1H3,(H,28,34)(H,31,32). The number of aliphatic hydroxyl groups excluding tert-OH is 1. The number of carboxylic acid groups (broad SMARTS) is 1. The molecule has 0 radical (unpaired) electrons. The van der Waals surface area contributed by atoms with Crippen molar-refractivity contribution in [3.63, 3.8) is 0 Å². The normalized spacial score (nSPS) is 11.9. The quantitative estimate of drug-likeness (QED) is 0.456. The number of fused-ring (bicyclic) bond motifs is 3. The van der Waals surface area contributed by atoms with E-state index in [0.717, 1.165) is 27.2 Å². The molecule has 0 fully saturated rings. The van der Waals surface area contributed by atoms with Crippen LogP contribution in [0.1, 0.15) is 33.0 Å². The van der Waals surface area contributed by atoms with E-state index in [1.807, 2.05) is 36.4 Å². The molecule has 1 aliphatic rings. The first kappa shape index (κ1) is 24.0. The van der Waals surface area contributed by atoms with Crippen LogP contribution < -0.4 is 5.32 Å². The van der Waals surface area contributed by atoms with Crippen LogP contribution in [-0.2, 0) is 9.53 Å². The molecular formula is C27H26N2O6. The SMILES string of the molecule is Cc1c(NC(=O)OCC2c3ccccc3-c3ccccc32)cccc1C(=O)N(CCO)CC(=O)O. The minimum absolute atomic E-state index is 0.0785. The van der Waals surface area contributed by atoms with Gasteiger partial charge in [-0.2, -0.15) is 0 Å². The number of anilines is 1. The second-order valence-corrected chi connectivity index (χ2v) is 8.27. The number of carboxylic acids is 1. The highest BCUT2D eigenvalue weighted by Gasteiger charge is 2.29. The molecule has 3 N–H and O–H groups in total. The number of carbonyl (C=O) groups is 3. The summed E-state index contributed by atoms with van der Waals surface area (Å²) in [5.74, 6) is -1.81. The van der Waals surface area contributed by atoms with Crippen molar-refractivity contribution < 1.29 is 29.3 Å². The molecule has 4 rings (SSSR count). The van der Waals surface area contributed by atoms with Crippen molar-refractivity contribution in [2.24, 2.45) is 0 Å². The highest BCUT2D eigenvalue weighted by molar-refractivity contribution is 5.99. The molecule has 35 heavy (non-hydrogen) atoms. The average Bonchev–Trinajstić information content (AvgIpc) is 3.17. The van der Waals surface area contributed by atoms with Crippen molar-refractivity contribution in [2.45, 2.75) is 12.8 Å². The summed E-state index contributed by atoms with van der Waals surface area (Å²) in [5.41, 5.74) is 5.56. The maximum atomic E-state index is 12.9. The number of carbonyl (C=O) groups excluding carboxylic acids is 2. The Kier molecular flexibility index (Phi) is 7.12. The Labute approximate surface area is 202 Å². The number of hydrogen-bond donors (Lipinski definition) is 3. The molecule has 0 bridgehead atoms. The lowest BCUT2D eigenvalue weighted by molar-refractivity contribution is -0.137. The second kappa shape index (κ2) is 10.4. The largest absolute Gasteiger partial charge is 0.480 e. The third-order valence-corrected chi connectivity index (χ3v) is 6.13. The van der Waals surface area contributed by atoms with Crippen LogP contribution in [0.2, 0.25) is 0 Å². The van der Waals surface area contributed by atoms with Crippen molar-refractivity contribution in [3.05, 3.63) is 89.0 Å². The molecule has 0 heterocycles. The number of rotatable bonds is 8.